The van der Waals surface area contributed by atoms with E-state index in [0.29, 0.717) is 0 Å². The predicted octanol–water partition coefficient (Wildman–Crippen LogP) is 1.17. The SMILES string of the molecule is CS(C)(NC=O)c1ccncc1. The van der Waals surface area contributed by atoms with Crippen molar-refractivity contribution in [3.05, 3.63) is 24.5 Å². The van der Waals surface area contributed by atoms with Gasteiger partial charge in [-0.1, -0.05) is 0 Å². The van der Waals surface area contributed by atoms with E-state index in [1.54, 1.807) is 12.4 Å². The van der Waals surface area contributed by atoms with Gasteiger partial charge in [-0.2, -0.15) is 0 Å². The van der Waals surface area contributed by atoms with Gasteiger partial charge in [0.15, 0.2) is 0 Å². The molecular weight excluding hydrogens is 172 g/mol. The first-order valence-corrected chi connectivity index (χ1v) is 5.96. The van der Waals surface area contributed by atoms with Crippen LogP contribution in [0.4, 0.5) is 0 Å². The number of nitrogens with one attached hydrogen (secondary N) is 1. The van der Waals surface area contributed by atoms with Gasteiger partial charge >= 0.3 is 0 Å². The summed E-state index contributed by atoms with van der Waals surface area (Å²) in [5.41, 5.74) is 0. The zero-order valence-electron chi connectivity index (χ0n) is 7.15. The molecule has 0 saturated carbocycles. The van der Waals surface area contributed by atoms with Crippen LogP contribution in [0.15, 0.2) is 29.4 Å². The highest BCUT2D eigenvalue weighted by Gasteiger charge is 2.11. The maximum Gasteiger partial charge on any atom is 0.215 e. The molecule has 3 nitrogen and oxygen atoms in total. The fraction of sp³-hybridized carbons (Fsp3) is 0.250. The molecule has 1 aromatic rings. The average Bonchev–Trinajstić information content (AvgIpc) is 2.06. The average molecular weight is 184 g/mol. The number of carbonyl (C=O) groups is 1. The van der Waals surface area contributed by atoms with Crippen molar-refractivity contribution in [2.45, 2.75) is 4.90 Å². The Morgan fingerprint density at radius 2 is 2.00 bits per heavy atom. The van der Waals surface area contributed by atoms with Crippen molar-refractivity contribution in [1.29, 1.82) is 0 Å². The maximum atomic E-state index is 10.3. The van der Waals surface area contributed by atoms with E-state index in [-0.39, 0.29) is 0 Å². The van der Waals surface area contributed by atoms with Crippen molar-refractivity contribution in [1.82, 2.24) is 9.71 Å². The van der Waals surface area contributed by atoms with Gasteiger partial charge in [0, 0.05) is 17.3 Å². The molecule has 66 valence electrons. The minimum atomic E-state index is -1.17. The molecule has 0 aliphatic carbocycles. The molecule has 1 N–H and O–H groups in total. The zero-order chi connectivity index (χ0) is 9.03. The third-order valence-corrected chi connectivity index (χ3v) is 3.72. The fourth-order valence-corrected chi connectivity index (χ4v) is 2.05. The van der Waals surface area contributed by atoms with Crippen molar-refractivity contribution in [3.63, 3.8) is 0 Å². The van der Waals surface area contributed by atoms with Gasteiger partial charge < -0.3 is 4.72 Å². The van der Waals surface area contributed by atoms with Crippen LogP contribution in [0.1, 0.15) is 0 Å². The van der Waals surface area contributed by atoms with Crippen LogP contribution in [0.3, 0.4) is 0 Å². The summed E-state index contributed by atoms with van der Waals surface area (Å²) in [7, 11) is -1.17. The molecule has 1 amide bonds. The van der Waals surface area contributed by atoms with Gasteiger partial charge in [0.1, 0.15) is 0 Å². The lowest BCUT2D eigenvalue weighted by Crippen LogP contribution is -2.16. The first-order chi connectivity index (χ1) is 5.67. The monoisotopic (exact) mass is 184 g/mol. The van der Waals surface area contributed by atoms with Gasteiger partial charge in [-0.25, -0.2) is 0 Å². The Labute approximate surface area is 73.7 Å². The zero-order valence-corrected chi connectivity index (χ0v) is 7.97. The third-order valence-electron chi connectivity index (χ3n) is 1.58. The molecule has 0 fully saturated rings. The van der Waals surface area contributed by atoms with E-state index in [1.807, 2.05) is 24.6 Å². The lowest BCUT2D eigenvalue weighted by molar-refractivity contribution is -0.108. The van der Waals surface area contributed by atoms with Crippen LogP contribution in [-0.4, -0.2) is 23.9 Å². The summed E-state index contributed by atoms with van der Waals surface area (Å²) >= 11 is 0. The predicted molar refractivity (Wildman–Crippen MR) is 51.1 cm³/mol. The van der Waals surface area contributed by atoms with E-state index in [2.05, 4.69) is 9.71 Å². The molecule has 0 radical (unpaired) electrons. The van der Waals surface area contributed by atoms with Crippen LogP contribution in [0.5, 0.6) is 0 Å². The van der Waals surface area contributed by atoms with Crippen molar-refractivity contribution in [2.24, 2.45) is 0 Å². The number of rotatable bonds is 3. The molecule has 0 aliphatic rings. The smallest absolute Gasteiger partial charge is 0.215 e. The second kappa shape index (κ2) is 3.58. The third kappa shape index (κ3) is 1.98. The number of aromatic nitrogens is 1. The van der Waals surface area contributed by atoms with Crippen LogP contribution >= 0.6 is 10.2 Å². The minimum Gasteiger partial charge on any atom is -0.317 e. The number of hydrogen-bond donors (Lipinski definition) is 1. The second-order valence-electron chi connectivity index (χ2n) is 2.75. The van der Waals surface area contributed by atoms with Crippen molar-refractivity contribution >= 4 is 16.6 Å². The summed E-state index contributed by atoms with van der Waals surface area (Å²) < 4.78 is 2.81. The van der Waals surface area contributed by atoms with Gasteiger partial charge in [-0.15, -0.1) is 10.2 Å². The summed E-state index contributed by atoms with van der Waals surface area (Å²) in [6.07, 6.45) is 8.26. The van der Waals surface area contributed by atoms with Crippen LogP contribution in [-0.2, 0) is 4.79 Å². The van der Waals surface area contributed by atoms with E-state index in [0.717, 1.165) is 11.3 Å². The van der Waals surface area contributed by atoms with Crippen LogP contribution in [0, 0.1) is 0 Å². The summed E-state index contributed by atoms with van der Waals surface area (Å²) in [4.78, 5) is 15.3. The highest BCUT2D eigenvalue weighted by molar-refractivity contribution is 8.31. The first-order valence-electron chi connectivity index (χ1n) is 3.51. The number of carbonyl (C=O) groups excluding carboxylic acids is 1. The van der Waals surface area contributed by atoms with Crippen LogP contribution in [0.25, 0.3) is 0 Å². The fourth-order valence-electron chi connectivity index (χ4n) is 0.867. The molecule has 0 aromatic carbocycles. The summed E-state index contributed by atoms with van der Waals surface area (Å²) in [5, 5.41) is 0. The Kier molecular flexibility index (Phi) is 2.70. The molecule has 1 heterocycles. The number of amides is 1. The van der Waals surface area contributed by atoms with Crippen molar-refractivity contribution in [3.8, 4) is 0 Å². The highest BCUT2D eigenvalue weighted by Crippen LogP contribution is 2.43. The molecular formula is C8H12N2OS. The Morgan fingerprint density at radius 1 is 1.42 bits per heavy atom. The van der Waals surface area contributed by atoms with Gasteiger partial charge in [-0.3, -0.25) is 9.78 Å². The first kappa shape index (κ1) is 9.06. The van der Waals surface area contributed by atoms with E-state index >= 15 is 0 Å². The summed E-state index contributed by atoms with van der Waals surface area (Å²) in [6.45, 7) is 0. The lowest BCUT2D eigenvalue weighted by Gasteiger charge is -2.30. The Balaban J connectivity index is 2.89. The molecule has 0 spiro atoms. The number of hydrogen-bond acceptors (Lipinski definition) is 2. The van der Waals surface area contributed by atoms with Crippen molar-refractivity contribution in [2.75, 3.05) is 12.5 Å². The Bertz CT molecular complexity index is 261. The lowest BCUT2D eigenvalue weighted by atomic mass is 10.5. The minimum absolute atomic E-state index is 0.746. The molecule has 0 atom stereocenters. The van der Waals surface area contributed by atoms with E-state index in [9.17, 15) is 4.79 Å². The summed E-state index contributed by atoms with van der Waals surface area (Å²) in [5.74, 6) is 0. The molecule has 0 unspecified atom stereocenters. The number of pyridine rings is 1. The van der Waals surface area contributed by atoms with Crippen LogP contribution in [0.2, 0.25) is 0 Å². The van der Waals surface area contributed by atoms with E-state index in [4.69, 9.17) is 0 Å². The molecule has 0 bridgehead atoms. The van der Waals surface area contributed by atoms with E-state index in [1.165, 1.54) is 0 Å². The molecule has 4 heteroatoms. The van der Waals surface area contributed by atoms with Gasteiger partial charge in [0.2, 0.25) is 6.41 Å². The quantitative estimate of drug-likeness (QED) is 0.716. The largest absolute Gasteiger partial charge is 0.317 e. The number of nitrogens with zero attached hydrogens (tertiary/aromatic N) is 1. The molecule has 0 saturated heterocycles. The van der Waals surface area contributed by atoms with Gasteiger partial charge in [-0.05, 0) is 24.6 Å². The Hall–Kier alpha value is -1.03. The van der Waals surface area contributed by atoms with Crippen LogP contribution < -0.4 is 4.72 Å². The molecule has 1 rings (SSSR count). The molecule has 0 aliphatic heterocycles. The van der Waals surface area contributed by atoms with Gasteiger partial charge in [0.25, 0.3) is 0 Å². The molecule has 1 aromatic heterocycles. The second-order valence-corrected chi connectivity index (χ2v) is 6.11. The molecule has 12 heavy (non-hydrogen) atoms. The topological polar surface area (TPSA) is 42.0 Å². The Morgan fingerprint density at radius 3 is 2.50 bits per heavy atom. The normalized spacial score (nSPS) is 12.2. The summed E-state index contributed by atoms with van der Waals surface area (Å²) in [6, 6.07) is 3.84. The van der Waals surface area contributed by atoms with E-state index < -0.39 is 10.2 Å². The standard InChI is InChI=1S/C8H12N2OS/c1-12(2,10-7-11)8-3-5-9-6-4-8/h3-7H,1-2H3,(H,10,11). The van der Waals surface area contributed by atoms with Crippen molar-refractivity contribution < 1.29 is 4.79 Å². The highest BCUT2D eigenvalue weighted by atomic mass is 32.3. The maximum absolute atomic E-state index is 10.3. The van der Waals surface area contributed by atoms with Gasteiger partial charge in [0.05, 0.1) is 0 Å².